The third-order valence-corrected chi connectivity index (χ3v) is 6.68. The smallest absolute Gasteiger partial charge is 0.173 e. The molecule has 0 bridgehead atoms. The zero-order valence-corrected chi connectivity index (χ0v) is 17.3. The highest BCUT2D eigenvalue weighted by Gasteiger charge is 2.40. The zero-order chi connectivity index (χ0) is 20.0. The van der Waals surface area contributed by atoms with Gasteiger partial charge in [0, 0.05) is 49.4 Å². The molecule has 0 spiro atoms. The van der Waals surface area contributed by atoms with Gasteiger partial charge in [0.25, 0.3) is 0 Å². The highest BCUT2D eigenvalue weighted by Crippen LogP contribution is 2.45. The van der Waals surface area contributed by atoms with Crippen LogP contribution >= 0.6 is 0 Å². The standard InChI is InChI=1S/C26H28N2O/c1-26(2)22-12-13-23(20-10-6-11-21(24(20)22)25(26)29)28-15-7-14-27(16-17-28)18-19-8-4-3-5-9-19/h3-6,8-13H,7,14-18H2,1-2H3. The molecular formula is C26H28N2O. The number of nitrogens with zero attached hydrogens (tertiary/aromatic N) is 2. The Labute approximate surface area is 172 Å². The van der Waals surface area contributed by atoms with Crippen LogP contribution in [0.4, 0.5) is 5.69 Å². The van der Waals surface area contributed by atoms with Crippen molar-refractivity contribution >= 4 is 22.2 Å². The van der Waals surface area contributed by atoms with Crippen LogP contribution in [0.25, 0.3) is 10.8 Å². The third kappa shape index (κ3) is 3.05. The van der Waals surface area contributed by atoms with E-state index in [4.69, 9.17) is 0 Å². The Hall–Kier alpha value is -2.65. The number of ketones is 1. The van der Waals surface area contributed by atoms with Gasteiger partial charge >= 0.3 is 0 Å². The minimum atomic E-state index is -0.425. The number of carbonyl (C=O) groups is 1. The van der Waals surface area contributed by atoms with Crippen LogP contribution < -0.4 is 4.90 Å². The minimum Gasteiger partial charge on any atom is -0.370 e. The van der Waals surface area contributed by atoms with Gasteiger partial charge in [-0.3, -0.25) is 9.69 Å². The largest absolute Gasteiger partial charge is 0.370 e. The molecule has 3 nitrogen and oxygen atoms in total. The van der Waals surface area contributed by atoms with Crippen molar-refractivity contribution in [2.24, 2.45) is 0 Å². The Kier molecular flexibility index (Phi) is 4.44. The molecule has 0 atom stereocenters. The van der Waals surface area contributed by atoms with Crippen molar-refractivity contribution in [2.75, 3.05) is 31.1 Å². The lowest BCUT2D eigenvalue weighted by molar-refractivity contribution is 0.0920. The topological polar surface area (TPSA) is 23.6 Å². The van der Waals surface area contributed by atoms with Gasteiger partial charge < -0.3 is 4.90 Å². The lowest BCUT2D eigenvalue weighted by Gasteiger charge is -2.26. The van der Waals surface area contributed by atoms with E-state index in [-0.39, 0.29) is 5.78 Å². The van der Waals surface area contributed by atoms with Crippen molar-refractivity contribution in [3.8, 4) is 0 Å². The van der Waals surface area contributed by atoms with Crippen LogP contribution in [0.1, 0.15) is 41.8 Å². The Morgan fingerprint density at radius 2 is 1.69 bits per heavy atom. The van der Waals surface area contributed by atoms with Crippen LogP contribution in [0.3, 0.4) is 0 Å². The number of carbonyl (C=O) groups excluding carboxylic acids is 1. The van der Waals surface area contributed by atoms with Gasteiger partial charge in [-0.15, -0.1) is 0 Å². The van der Waals surface area contributed by atoms with E-state index < -0.39 is 5.41 Å². The zero-order valence-electron chi connectivity index (χ0n) is 17.3. The fraction of sp³-hybridized carbons (Fsp3) is 0.346. The number of anilines is 1. The van der Waals surface area contributed by atoms with Crippen molar-refractivity contribution in [1.82, 2.24) is 4.90 Å². The molecule has 2 aliphatic rings. The quantitative estimate of drug-likeness (QED) is 0.633. The molecule has 1 saturated heterocycles. The number of Topliss-reactive ketones (excluding diaryl/α,β-unsaturated/α-hetero) is 1. The predicted octanol–water partition coefficient (Wildman–Crippen LogP) is 5.03. The van der Waals surface area contributed by atoms with E-state index in [2.05, 4.69) is 72.2 Å². The summed E-state index contributed by atoms with van der Waals surface area (Å²) in [4.78, 5) is 18.0. The highest BCUT2D eigenvalue weighted by molar-refractivity contribution is 6.21. The summed E-state index contributed by atoms with van der Waals surface area (Å²) in [5.74, 6) is 0.250. The Morgan fingerprint density at radius 3 is 2.52 bits per heavy atom. The van der Waals surface area contributed by atoms with Crippen LogP contribution in [0, 0.1) is 0 Å². The van der Waals surface area contributed by atoms with Crippen LogP contribution in [0.5, 0.6) is 0 Å². The van der Waals surface area contributed by atoms with Gasteiger partial charge in [0.15, 0.2) is 5.78 Å². The fourth-order valence-corrected chi connectivity index (χ4v) is 5.05. The summed E-state index contributed by atoms with van der Waals surface area (Å²) in [5.41, 5.74) is 4.30. The van der Waals surface area contributed by atoms with Crippen molar-refractivity contribution < 1.29 is 4.79 Å². The van der Waals surface area contributed by atoms with E-state index in [0.717, 1.165) is 44.7 Å². The minimum absolute atomic E-state index is 0.250. The molecule has 1 fully saturated rings. The number of benzene rings is 3. The van der Waals surface area contributed by atoms with E-state index in [1.54, 1.807) is 0 Å². The normalized spacial score (nSPS) is 19.0. The predicted molar refractivity (Wildman–Crippen MR) is 120 cm³/mol. The molecule has 3 aromatic carbocycles. The Morgan fingerprint density at radius 1 is 0.862 bits per heavy atom. The molecule has 0 aromatic heterocycles. The maximum Gasteiger partial charge on any atom is 0.173 e. The summed E-state index contributed by atoms with van der Waals surface area (Å²) in [6, 6.07) is 21.4. The number of hydrogen-bond acceptors (Lipinski definition) is 3. The maximum absolute atomic E-state index is 12.9. The molecule has 0 radical (unpaired) electrons. The van der Waals surface area contributed by atoms with Gasteiger partial charge in [-0.2, -0.15) is 0 Å². The first-order valence-corrected chi connectivity index (χ1v) is 10.7. The van der Waals surface area contributed by atoms with Crippen LogP contribution in [0.2, 0.25) is 0 Å². The fourth-order valence-electron chi connectivity index (χ4n) is 5.05. The molecule has 1 aliphatic heterocycles. The molecule has 0 unspecified atom stereocenters. The Balaban J connectivity index is 1.44. The maximum atomic E-state index is 12.9. The second-order valence-electron chi connectivity index (χ2n) is 8.92. The van der Waals surface area contributed by atoms with E-state index in [9.17, 15) is 4.79 Å². The van der Waals surface area contributed by atoms with Crippen molar-refractivity contribution in [1.29, 1.82) is 0 Å². The van der Waals surface area contributed by atoms with Crippen LogP contribution in [-0.2, 0) is 12.0 Å². The molecular weight excluding hydrogens is 356 g/mol. The molecule has 1 aliphatic carbocycles. The van der Waals surface area contributed by atoms with Gasteiger partial charge in [-0.05, 0) is 42.8 Å². The first-order valence-electron chi connectivity index (χ1n) is 10.7. The molecule has 3 aromatic rings. The SMILES string of the molecule is CC1(C)C(=O)c2cccc3c(N4CCCN(Cc5ccccc5)CC4)ccc1c23. The summed E-state index contributed by atoms with van der Waals surface area (Å²) in [7, 11) is 0. The lowest BCUT2D eigenvalue weighted by Crippen LogP contribution is -2.30. The van der Waals surface area contributed by atoms with Gasteiger partial charge in [0.2, 0.25) is 0 Å². The second-order valence-corrected chi connectivity index (χ2v) is 8.92. The average Bonchev–Trinajstić information content (AvgIpc) is 2.88. The van der Waals surface area contributed by atoms with Crippen LogP contribution in [0.15, 0.2) is 60.7 Å². The van der Waals surface area contributed by atoms with E-state index in [1.807, 2.05) is 12.1 Å². The van der Waals surface area contributed by atoms with E-state index >= 15 is 0 Å². The van der Waals surface area contributed by atoms with Crippen molar-refractivity contribution in [3.63, 3.8) is 0 Å². The van der Waals surface area contributed by atoms with Crippen molar-refractivity contribution in [3.05, 3.63) is 77.4 Å². The van der Waals surface area contributed by atoms with Gasteiger partial charge in [-0.1, -0.05) is 54.6 Å². The number of rotatable bonds is 3. The van der Waals surface area contributed by atoms with E-state index in [1.165, 1.54) is 27.6 Å². The molecule has 0 N–H and O–H groups in total. The van der Waals surface area contributed by atoms with Gasteiger partial charge in [0.05, 0.1) is 5.41 Å². The second kappa shape index (κ2) is 7.00. The highest BCUT2D eigenvalue weighted by atomic mass is 16.1. The van der Waals surface area contributed by atoms with E-state index in [0.29, 0.717) is 0 Å². The summed E-state index contributed by atoms with van der Waals surface area (Å²) in [6.07, 6.45) is 1.15. The lowest BCUT2D eigenvalue weighted by atomic mass is 9.84. The molecule has 5 rings (SSSR count). The summed E-state index contributed by atoms with van der Waals surface area (Å²) >= 11 is 0. The average molecular weight is 385 g/mol. The summed E-state index contributed by atoms with van der Waals surface area (Å²) in [6.45, 7) is 9.38. The Bertz CT molecular complexity index is 1070. The molecule has 0 saturated carbocycles. The monoisotopic (exact) mass is 384 g/mol. The molecule has 0 amide bonds. The van der Waals surface area contributed by atoms with Gasteiger partial charge in [0.1, 0.15) is 0 Å². The van der Waals surface area contributed by atoms with Gasteiger partial charge in [-0.25, -0.2) is 0 Å². The molecule has 29 heavy (non-hydrogen) atoms. The molecule has 3 heteroatoms. The summed E-state index contributed by atoms with van der Waals surface area (Å²) in [5, 5.41) is 2.40. The first-order chi connectivity index (χ1) is 14.1. The molecule has 1 heterocycles. The molecule has 148 valence electrons. The van der Waals surface area contributed by atoms with Crippen LogP contribution in [-0.4, -0.2) is 36.9 Å². The third-order valence-electron chi connectivity index (χ3n) is 6.68. The van der Waals surface area contributed by atoms with Crippen molar-refractivity contribution in [2.45, 2.75) is 32.2 Å². The number of hydrogen-bond donors (Lipinski definition) is 0. The first kappa shape index (κ1) is 18.4. The summed E-state index contributed by atoms with van der Waals surface area (Å²) < 4.78 is 0.